The van der Waals surface area contributed by atoms with Gasteiger partial charge in [-0.05, 0) is 35.2 Å². The van der Waals surface area contributed by atoms with E-state index in [1.165, 1.54) is 16.3 Å². The van der Waals surface area contributed by atoms with Gasteiger partial charge in [0, 0.05) is 18.7 Å². The van der Waals surface area contributed by atoms with Gasteiger partial charge in [0.05, 0.1) is 0 Å². The number of hydrogen-bond acceptors (Lipinski definition) is 1. The van der Waals surface area contributed by atoms with Crippen molar-refractivity contribution in [1.82, 2.24) is 4.90 Å². The highest BCUT2D eigenvalue weighted by molar-refractivity contribution is 5.95. The quantitative estimate of drug-likeness (QED) is 0.754. The molecule has 0 radical (unpaired) electrons. The predicted molar refractivity (Wildman–Crippen MR) is 86.9 cm³/mol. The van der Waals surface area contributed by atoms with E-state index in [1.807, 2.05) is 29.2 Å². The van der Waals surface area contributed by atoms with E-state index >= 15 is 0 Å². The molecule has 1 aliphatic heterocycles. The number of allylic oxidation sites excluding steroid dienone is 1. The molecule has 1 heterocycles. The molecule has 0 bridgehead atoms. The van der Waals surface area contributed by atoms with Crippen molar-refractivity contribution in [1.29, 1.82) is 0 Å². The third kappa shape index (κ3) is 2.89. The van der Waals surface area contributed by atoms with E-state index in [2.05, 4.69) is 36.9 Å². The van der Waals surface area contributed by atoms with E-state index in [9.17, 15) is 4.79 Å². The summed E-state index contributed by atoms with van der Waals surface area (Å²) in [5.74, 6) is 0.171. The molecule has 2 heteroatoms. The number of rotatable bonds is 5. The van der Waals surface area contributed by atoms with Crippen LogP contribution in [0.5, 0.6) is 0 Å². The number of benzene rings is 2. The molecule has 0 fully saturated rings. The van der Waals surface area contributed by atoms with Gasteiger partial charge in [-0.15, -0.1) is 6.58 Å². The molecule has 2 nitrogen and oxygen atoms in total. The van der Waals surface area contributed by atoms with Crippen molar-refractivity contribution in [3.63, 3.8) is 0 Å². The fourth-order valence-corrected chi connectivity index (χ4v) is 2.75. The van der Waals surface area contributed by atoms with Crippen molar-refractivity contribution in [3.05, 3.63) is 72.3 Å². The summed E-state index contributed by atoms with van der Waals surface area (Å²) in [6, 6.07) is 14.7. The Kier molecular flexibility index (Phi) is 3.87. The van der Waals surface area contributed by atoms with E-state index in [0.717, 1.165) is 25.0 Å². The fraction of sp³-hybridized carbons (Fsp3) is 0.211. The lowest BCUT2D eigenvalue weighted by Gasteiger charge is -2.17. The van der Waals surface area contributed by atoms with Gasteiger partial charge >= 0.3 is 0 Å². The smallest absolute Gasteiger partial charge is 0.250 e. The number of nitrogens with zero attached hydrogens (tertiary/aromatic N) is 1. The Balaban J connectivity index is 1.72. The first-order valence-electron chi connectivity index (χ1n) is 7.35. The summed E-state index contributed by atoms with van der Waals surface area (Å²) < 4.78 is 0. The molecular weight excluding hydrogens is 258 g/mol. The molecule has 21 heavy (non-hydrogen) atoms. The van der Waals surface area contributed by atoms with Crippen molar-refractivity contribution in [2.45, 2.75) is 19.4 Å². The Hall–Kier alpha value is -2.35. The van der Waals surface area contributed by atoms with Crippen molar-refractivity contribution in [2.24, 2.45) is 0 Å². The van der Waals surface area contributed by atoms with E-state index in [1.54, 1.807) is 0 Å². The van der Waals surface area contributed by atoms with Gasteiger partial charge in [0.25, 0.3) is 0 Å². The zero-order chi connectivity index (χ0) is 14.7. The highest BCUT2D eigenvalue weighted by Crippen LogP contribution is 2.21. The van der Waals surface area contributed by atoms with Crippen molar-refractivity contribution < 1.29 is 4.79 Å². The van der Waals surface area contributed by atoms with Gasteiger partial charge < -0.3 is 4.90 Å². The first-order valence-corrected chi connectivity index (χ1v) is 7.35. The molecule has 2 aromatic rings. The molecule has 0 spiro atoms. The average Bonchev–Trinajstić information content (AvgIpc) is 2.86. The second-order valence-corrected chi connectivity index (χ2v) is 5.42. The lowest BCUT2D eigenvalue weighted by atomic mass is 10.1. The minimum absolute atomic E-state index is 0.171. The summed E-state index contributed by atoms with van der Waals surface area (Å²) in [5.41, 5.74) is 2.11. The second-order valence-electron chi connectivity index (χ2n) is 5.42. The molecule has 1 aliphatic rings. The first-order chi connectivity index (χ1) is 10.3. The average molecular weight is 277 g/mol. The first kappa shape index (κ1) is 13.6. The maximum absolute atomic E-state index is 12.3. The lowest BCUT2D eigenvalue weighted by Crippen LogP contribution is -2.26. The Morgan fingerprint density at radius 1 is 1.14 bits per heavy atom. The molecule has 0 aliphatic carbocycles. The topological polar surface area (TPSA) is 20.3 Å². The summed E-state index contributed by atoms with van der Waals surface area (Å²) >= 11 is 0. The summed E-state index contributed by atoms with van der Waals surface area (Å²) in [5, 5.41) is 2.46. The standard InChI is InChI=1S/C19H19NO/c1-2-3-6-17-11-12-20(19(17)21)14-15-9-10-16-7-4-5-8-18(16)13-15/h2,4-5,7-11,13H,1,3,6,12,14H2. The molecule has 2 aromatic carbocycles. The van der Waals surface area contributed by atoms with Crippen LogP contribution in [-0.4, -0.2) is 17.4 Å². The van der Waals surface area contributed by atoms with Crippen LogP contribution < -0.4 is 0 Å². The summed E-state index contributed by atoms with van der Waals surface area (Å²) in [4.78, 5) is 14.2. The maximum Gasteiger partial charge on any atom is 0.250 e. The monoisotopic (exact) mass is 277 g/mol. The van der Waals surface area contributed by atoms with E-state index in [-0.39, 0.29) is 5.91 Å². The largest absolute Gasteiger partial charge is 0.331 e. The molecule has 0 saturated carbocycles. The van der Waals surface area contributed by atoms with Gasteiger partial charge in [-0.1, -0.05) is 48.6 Å². The third-order valence-electron chi connectivity index (χ3n) is 3.93. The Morgan fingerprint density at radius 2 is 1.95 bits per heavy atom. The number of carbonyl (C=O) groups excluding carboxylic acids is 1. The predicted octanol–water partition coefficient (Wildman–Crippen LogP) is 4.07. The maximum atomic E-state index is 12.3. The normalized spacial score (nSPS) is 14.6. The molecule has 106 valence electrons. The van der Waals surface area contributed by atoms with Crippen LogP contribution in [0.4, 0.5) is 0 Å². The molecule has 3 rings (SSSR count). The van der Waals surface area contributed by atoms with Gasteiger partial charge in [-0.25, -0.2) is 0 Å². The number of amides is 1. The van der Waals surface area contributed by atoms with Gasteiger partial charge in [0.1, 0.15) is 0 Å². The van der Waals surface area contributed by atoms with Gasteiger partial charge in [-0.2, -0.15) is 0 Å². The van der Waals surface area contributed by atoms with Crippen LogP contribution >= 0.6 is 0 Å². The van der Waals surface area contributed by atoms with Crippen LogP contribution in [0, 0.1) is 0 Å². The van der Waals surface area contributed by atoms with Crippen molar-refractivity contribution in [2.75, 3.05) is 6.54 Å². The number of carbonyl (C=O) groups is 1. The van der Waals surface area contributed by atoms with Crippen LogP contribution in [-0.2, 0) is 11.3 Å². The SMILES string of the molecule is C=CCCC1=CCN(Cc2ccc3ccccc3c2)C1=O. The zero-order valence-corrected chi connectivity index (χ0v) is 12.1. The van der Waals surface area contributed by atoms with E-state index < -0.39 is 0 Å². The third-order valence-corrected chi connectivity index (χ3v) is 3.93. The van der Waals surface area contributed by atoms with Crippen LogP contribution in [0.3, 0.4) is 0 Å². The zero-order valence-electron chi connectivity index (χ0n) is 12.1. The molecule has 0 aromatic heterocycles. The Morgan fingerprint density at radius 3 is 2.76 bits per heavy atom. The number of hydrogen-bond donors (Lipinski definition) is 0. The molecule has 0 unspecified atom stereocenters. The highest BCUT2D eigenvalue weighted by atomic mass is 16.2. The van der Waals surface area contributed by atoms with Crippen LogP contribution in [0.1, 0.15) is 18.4 Å². The van der Waals surface area contributed by atoms with E-state index in [4.69, 9.17) is 0 Å². The fourth-order valence-electron chi connectivity index (χ4n) is 2.75. The summed E-state index contributed by atoms with van der Waals surface area (Å²) in [6.45, 7) is 5.11. The van der Waals surface area contributed by atoms with Gasteiger partial charge in [0.15, 0.2) is 0 Å². The molecule has 1 amide bonds. The Bertz CT molecular complexity index is 714. The van der Waals surface area contributed by atoms with Crippen molar-refractivity contribution in [3.8, 4) is 0 Å². The van der Waals surface area contributed by atoms with E-state index in [0.29, 0.717) is 6.54 Å². The molecule has 0 atom stereocenters. The van der Waals surface area contributed by atoms with Gasteiger partial charge in [-0.3, -0.25) is 4.79 Å². The minimum Gasteiger partial charge on any atom is -0.331 e. The van der Waals surface area contributed by atoms with Crippen LogP contribution in [0.15, 0.2) is 66.8 Å². The summed E-state index contributed by atoms with van der Waals surface area (Å²) in [6.07, 6.45) is 5.57. The van der Waals surface area contributed by atoms with Crippen LogP contribution in [0.2, 0.25) is 0 Å². The van der Waals surface area contributed by atoms with Crippen LogP contribution in [0.25, 0.3) is 10.8 Å². The molecule has 0 saturated heterocycles. The molecular formula is C19H19NO. The minimum atomic E-state index is 0.171. The molecule has 0 N–H and O–H groups in total. The second kappa shape index (κ2) is 5.96. The Labute approximate surface area is 125 Å². The number of fused-ring (bicyclic) bond motifs is 1. The van der Waals surface area contributed by atoms with Gasteiger partial charge in [0.2, 0.25) is 5.91 Å². The summed E-state index contributed by atoms with van der Waals surface area (Å²) in [7, 11) is 0. The lowest BCUT2D eigenvalue weighted by molar-refractivity contribution is -0.126. The highest BCUT2D eigenvalue weighted by Gasteiger charge is 2.22. The van der Waals surface area contributed by atoms with Crippen molar-refractivity contribution >= 4 is 16.7 Å².